The molecule has 0 aliphatic heterocycles. The fourth-order valence-electron chi connectivity index (χ4n) is 7.09. The topological polar surface area (TPSA) is 124 Å². The number of carbonyl (C=O) groups excluding carboxylic acids is 4. The van der Waals surface area contributed by atoms with Crippen molar-refractivity contribution in [1.29, 1.82) is 0 Å². The van der Waals surface area contributed by atoms with E-state index in [1.165, 1.54) is 63.9 Å². The number of hydrogen-bond acceptors (Lipinski definition) is 10. The van der Waals surface area contributed by atoms with Gasteiger partial charge in [0.05, 0.1) is 31.2 Å². The maximum absolute atomic E-state index is 12.8. The summed E-state index contributed by atoms with van der Waals surface area (Å²) in [5.74, 6) is 5.34. The van der Waals surface area contributed by atoms with Gasteiger partial charge in [0.2, 0.25) is 0 Å². The van der Waals surface area contributed by atoms with Crippen molar-refractivity contribution in [2.24, 2.45) is 5.92 Å². The first-order valence-corrected chi connectivity index (χ1v) is 22.4. The lowest BCUT2D eigenvalue weighted by Crippen LogP contribution is -2.29. The van der Waals surface area contributed by atoms with Crippen molar-refractivity contribution in [3.63, 3.8) is 0 Å². The molecule has 0 N–H and O–H groups in total. The molecule has 10 heteroatoms. The molecular weight excluding hydrogens is 761 g/mol. The van der Waals surface area contributed by atoms with Gasteiger partial charge in [-0.1, -0.05) is 109 Å². The van der Waals surface area contributed by atoms with Crippen molar-refractivity contribution in [1.82, 2.24) is 0 Å². The van der Waals surface area contributed by atoms with Gasteiger partial charge in [0.25, 0.3) is 0 Å². The molecule has 10 nitrogen and oxygen atoms in total. The number of benzene rings is 2. The lowest BCUT2D eigenvalue weighted by molar-refractivity contribution is -0.141. The van der Waals surface area contributed by atoms with Crippen molar-refractivity contribution in [3.05, 3.63) is 79.8 Å². The molecule has 0 amide bonds. The highest BCUT2D eigenvalue weighted by Gasteiger charge is 2.28. The molecule has 2 aromatic rings. The number of carbonyl (C=O) groups is 4. The fraction of sp³-hybridized carbons (Fsp3) is 0.560. The van der Waals surface area contributed by atoms with Crippen LogP contribution in [-0.4, -0.2) is 43.2 Å². The second kappa shape index (κ2) is 32.0. The molecule has 328 valence electrons. The van der Waals surface area contributed by atoms with Gasteiger partial charge in [-0.05, 0) is 99.9 Å². The first-order valence-electron chi connectivity index (χ1n) is 22.4. The molecule has 3 rings (SSSR count). The summed E-state index contributed by atoms with van der Waals surface area (Å²) >= 11 is 0. The first kappa shape index (κ1) is 49.5. The van der Waals surface area contributed by atoms with Crippen LogP contribution in [0.4, 0.5) is 0 Å². The second-order valence-electron chi connectivity index (χ2n) is 15.4. The highest BCUT2D eigenvalue weighted by atomic mass is 16.5. The Bertz CT molecular complexity index is 1600. The summed E-state index contributed by atoms with van der Waals surface area (Å²) in [5.41, 5.74) is 0.676. The molecule has 0 radical (unpaired) electrons. The third-order valence-corrected chi connectivity index (χ3v) is 10.5. The van der Waals surface area contributed by atoms with E-state index in [4.69, 9.17) is 28.4 Å². The number of rotatable bonds is 31. The minimum Gasteiger partial charge on any atom is -0.494 e. The molecule has 0 bridgehead atoms. The van der Waals surface area contributed by atoms with E-state index in [0.29, 0.717) is 36.5 Å². The zero-order chi connectivity index (χ0) is 42.9. The van der Waals surface area contributed by atoms with E-state index >= 15 is 0 Å². The number of ether oxygens (including phenoxy) is 6. The summed E-state index contributed by atoms with van der Waals surface area (Å²) in [5, 5.41) is 0. The predicted octanol–water partition coefficient (Wildman–Crippen LogP) is 11.7. The molecule has 0 unspecified atom stereocenters. The van der Waals surface area contributed by atoms with Gasteiger partial charge in [-0.3, -0.25) is 14.4 Å². The molecule has 0 aromatic heterocycles. The van der Waals surface area contributed by atoms with Gasteiger partial charge in [0, 0.05) is 30.9 Å². The average molecular weight is 829 g/mol. The standard InChI is InChI=1S/C50H68O10/c1-3-55-47(51)23-19-15-11-7-5-6-9-13-17-21-39-57-43-30-25-41(26-31-43)27-38-49(53)59-45-34-36-46(37-35-45)60-50(54)42-28-32-44(33-29-42)58-40-22-18-14-10-8-12-16-20-24-48(52)56-4-2/h3-4,25-26,30-31,34-37,42,44H,1-2,5-24,28-29,32-33,39-40H2. The van der Waals surface area contributed by atoms with Gasteiger partial charge in [-0.15, -0.1) is 0 Å². The third kappa shape index (κ3) is 23.6. The number of unbranched alkanes of at least 4 members (excludes halogenated alkanes) is 16. The monoisotopic (exact) mass is 828 g/mol. The van der Waals surface area contributed by atoms with E-state index in [9.17, 15) is 19.2 Å². The van der Waals surface area contributed by atoms with E-state index < -0.39 is 5.97 Å². The molecule has 0 spiro atoms. The SMILES string of the molecule is C=COC(=O)CCCCCCCCCCCCOc1ccc(C#CC(=O)Oc2ccc(OC(=O)C3CCC(OCCCCCCCCCCC(=O)OC=C)CC3)cc2)cc1. The zero-order valence-electron chi connectivity index (χ0n) is 35.8. The van der Waals surface area contributed by atoms with Crippen LogP contribution in [0.5, 0.6) is 17.2 Å². The lowest BCUT2D eigenvalue weighted by atomic mass is 9.87. The molecule has 2 aromatic carbocycles. The molecule has 0 saturated heterocycles. The van der Waals surface area contributed by atoms with E-state index in [0.717, 1.165) is 102 Å². The number of hydrogen-bond donors (Lipinski definition) is 0. The summed E-state index contributed by atoms with van der Waals surface area (Å²) in [4.78, 5) is 47.8. The van der Waals surface area contributed by atoms with Crippen LogP contribution in [0, 0.1) is 17.8 Å². The minimum atomic E-state index is -0.685. The van der Waals surface area contributed by atoms with Crippen LogP contribution >= 0.6 is 0 Å². The van der Waals surface area contributed by atoms with Gasteiger partial charge in [-0.25, -0.2) is 4.79 Å². The van der Waals surface area contributed by atoms with Crippen LogP contribution in [0.1, 0.15) is 160 Å². The summed E-state index contributed by atoms with van der Waals surface area (Å²) in [7, 11) is 0. The average Bonchev–Trinajstić information content (AvgIpc) is 3.25. The van der Waals surface area contributed by atoms with E-state index in [-0.39, 0.29) is 29.9 Å². The lowest BCUT2D eigenvalue weighted by Gasteiger charge is -2.27. The van der Waals surface area contributed by atoms with Gasteiger partial charge in [0.15, 0.2) is 0 Å². The molecular formula is C50H68O10. The van der Waals surface area contributed by atoms with Gasteiger partial charge in [-0.2, -0.15) is 0 Å². The zero-order valence-corrected chi connectivity index (χ0v) is 35.8. The molecule has 1 fully saturated rings. The summed E-state index contributed by atoms with van der Waals surface area (Å²) in [6, 6.07) is 13.7. The summed E-state index contributed by atoms with van der Waals surface area (Å²) < 4.78 is 32.4. The first-order chi connectivity index (χ1) is 29.4. The van der Waals surface area contributed by atoms with Crippen LogP contribution in [0.2, 0.25) is 0 Å². The minimum absolute atomic E-state index is 0.159. The Balaban J connectivity index is 1.18. The Morgan fingerprint density at radius 2 is 0.967 bits per heavy atom. The Labute approximate surface area is 358 Å². The number of esters is 4. The van der Waals surface area contributed by atoms with Crippen molar-refractivity contribution >= 4 is 23.9 Å². The van der Waals surface area contributed by atoms with Crippen LogP contribution in [0.15, 0.2) is 74.2 Å². The molecule has 0 heterocycles. The maximum Gasteiger partial charge on any atom is 0.390 e. The Morgan fingerprint density at radius 3 is 1.47 bits per heavy atom. The van der Waals surface area contributed by atoms with Gasteiger partial charge >= 0.3 is 23.9 Å². The Hall–Kier alpha value is -4.88. The fourth-order valence-corrected chi connectivity index (χ4v) is 7.09. The van der Waals surface area contributed by atoms with Crippen molar-refractivity contribution in [2.75, 3.05) is 13.2 Å². The van der Waals surface area contributed by atoms with E-state index in [1.54, 1.807) is 24.3 Å². The van der Waals surface area contributed by atoms with Gasteiger partial charge in [0.1, 0.15) is 17.2 Å². The van der Waals surface area contributed by atoms with Crippen LogP contribution in [-0.2, 0) is 33.4 Å². The predicted molar refractivity (Wildman–Crippen MR) is 233 cm³/mol. The highest BCUT2D eigenvalue weighted by molar-refractivity contribution is 5.90. The summed E-state index contributed by atoms with van der Waals surface area (Å²) in [6.45, 7) is 8.20. The Morgan fingerprint density at radius 1 is 0.533 bits per heavy atom. The van der Waals surface area contributed by atoms with Crippen molar-refractivity contribution in [3.8, 4) is 29.1 Å². The quantitative estimate of drug-likeness (QED) is 0.0238. The smallest absolute Gasteiger partial charge is 0.390 e. The van der Waals surface area contributed by atoms with Crippen LogP contribution in [0.3, 0.4) is 0 Å². The molecule has 0 atom stereocenters. The highest BCUT2D eigenvalue weighted by Crippen LogP contribution is 2.29. The maximum atomic E-state index is 12.8. The van der Waals surface area contributed by atoms with Crippen LogP contribution < -0.4 is 14.2 Å². The second-order valence-corrected chi connectivity index (χ2v) is 15.4. The largest absolute Gasteiger partial charge is 0.494 e. The summed E-state index contributed by atoms with van der Waals surface area (Å²) in [6.07, 6.45) is 26.8. The normalized spacial score (nSPS) is 14.5. The third-order valence-electron chi connectivity index (χ3n) is 10.5. The molecule has 1 aliphatic carbocycles. The molecule has 60 heavy (non-hydrogen) atoms. The van der Waals surface area contributed by atoms with Crippen LogP contribution in [0.25, 0.3) is 0 Å². The van der Waals surface area contributed by atoms with Crippen molar-refractivity contribution in [2.45, 2.75) is 160 Å². The Kier molecular flexibility index (Phi) is 26.4. The van der Waals surface area contributed by atoms with E-state index in [1.807, 2.05) is 24.3 Å². The molecule has 1 aliphatic rings. The van der Waals surface area contributed by atoms with Gasteiger partial charge < -0.3 is 28.4 Å². The molecule has 1 saturated carbocycles. The van der Waals surface area contributed by atoms with Crippen molar-refractivity contribution < 1.29 is 47.6 Å². The van der Waals surface area contributed by atoms with E-state index in [2.05, 4.69) is 25.0 Å².